The summed E-state index contributed by atoms with van der Waals surface area (Å²) in [5, 5.41) is 0. The first kappa shape index (κ1) is 10.3. The number of hydrogen-bond donors (Lipinski definition) is 0. The summed E-state index contributed by atoms with van der Waals surface area (Å²) in [5.74, 6) is 0.816. The van der Waals surface area contributed by atoms with E-state index in [0.29, 0.717) is 5.41 Å². The summed E-state index contributed by atoms with van der Waals surface area (Å²) in [6.07, 6.45) is 7.87. The van der Waals surface area contributed by atoms with Crippen LogP contribution < -0.4 is 0 Å². The third-order valence-corrected chi connectivity index (χ3v) is 3.60. The molecule has 72 valence electrons. The van der Waals surface area contributed by atoms with Gasteiger partial charge in [0, 0.05) is 19.6 Å². The molecule has 1 nitrogen and oxygen atoms in total. The Kier molecular flexibility index (Phi) is 4.38. The minimum atomic E-state index is 0.413. The van der Waals surface area contributed by atoms with Crippen molar-refractivity contribution in [2.24, 2.45) is 5.41 Å². The normalized spacial score (nSPS) is 22.5. The zero-order chi connectivity index (χ0) is 8.86. The smallest absolute Gasteiger partial charge is 0.0467 e. The van der Waals surface area contributed by atoms with E-state index in [1.807, 2.05) is 0 Å². The Morgan fingerprint density at radius 1 is 1.25 bits per heavy atom. The number of alkyl halides is 1. The highest BCUT2D eigenvalue weighted by Crippen LogP contribution is 2.40. The van der Waals surface area contributed by atoms with Gasteiger partial charge in [-0.3, -0.25) is 0 Å². The second-order valence-electron chi connectivity index (χ2n) is 3.94. The zero-order valence-electron chi connectivity index (χ0n) is 7.94. The van der Waals surface area contributed by atoms with E-state index >= 15 is 0 Å². The minimum absolute atomic E-state index is 0.413. The Balaban J connectivity index is 2.37. The van der Waals surface area contributed by atoms with Crippen molar-refractivity contribution >= 4 is 11.6 Å². The predicted molar refractivity (Wildman–Crippen MR) is 52.7 cm³/mol. The van der Waals surface area contributed by atoms with Crippen LogP contribution in [-0.2, 0) is 4.74 Å². The molecule has 1 rings (SSSR count). The van der Waals surface area contributed by atoms with Crippen LogP contribution in [0.1, 0.15) is 38.5 Å². The molecule has 0 heterocycles. The van der Waals surface area contributed by atoms with Crippen LogP contribution in [-0.4, -0.2) is 19.6 Å². The average molecular weight is 191 g/mol. The monoisotopic (exact) mass is 190 g/mol. The van der Waals surface area contributed by atoms with Gasteiger partial charge in [-0.25, -0.2) is 0 Å². The topological polar surface area (TPSA) is 9.23 Å². The Hall–Kier alpha value is 0.250. The van der Waals surface area contributed by atoms with Crippen molar-refractivity contribution in [1.82, 2.24) is 0 Å². The summed E-state index contributed by atoms with van der Waals surface area (Å²) in [5.41, 5.74) is 0.413. The van der Waals surface area contributed by atoms with Gasteiger partial charge in [-0.2, -0.15) is 0 Å². The van der Waals surface area contributed by atoms with Gasteiger partial charge in [0.25, 0.3) is 0 Å². The first-order valence-corrected chi connectivity index (χ1v) is 5.41. The maximum absolute atomic E-state index is 6.02. The Morgan fingerprint density at radius 2 is 1.92 bits per heavy atom. The number of halogens is 1. The van der Waals surface area contributed by atoms with Crippen molar-refractivity contribution in [1.29, 1.82) is 0 Å². The number of hydrogen-bond acceptors (Lipinski definition) is 1. The molecule has 0 amide bonds. The third-order valence-electron chi connectivity index (χ3n) is 3.03. The van der Waals surface area contributed by atoms with Crippen LogP contribution in [0.25, 0.3) is 0 Å². The van der Waals surface area contributed by atoms with E-state index in [1.165, 1.54) is 32.1 Å². The molecule has 0 aromatic heterocycles. The van der Waals surface area contributed by atoms with Crippen molar-refractivity contribution in [2.45, 2.75) is 38.5 Å². The lowest BCUT2D eigenvalue weighted by Gasteiger charge is -2.35. The van der Waals surface area contributed by atoms with Gasteiger partial charge in [-0.1, -0.05) is 19.3 Å². The molecule has 0 aromatic carbocycles. The van der Waals surface area contributed by atoms with Crippen LogP contribution in [0.5, 0.6) is 0 Å². The van der Waals surface area contributed by atoms with Gasteiger partial charge in [-0.15, -0.1) is 11.6 Å². The molecule has 0 unspecified atom stereocenters. The maximum atomic E-state index is 6.02. The lowest BCUT2D eigenvalue weighted by atomic mass is 9.73. The molecule has 1 aliphatic carbocycles. The molecule has 1 fully saturated rings. The fraction of sp³-hybridized carbons (Fsp3) is 1.00. The Labute approximate surface area is 80.4 Å². The van der Waals surface area contributed by atoms with E-state index in [4.69, 9.17) is 16.3 Å². The van der Waals surface area contributed by atoms with Gasteiger partial charge in [0.1, 0.15) is 0 Å². The van der Waals surface area contributed by atoms with Crippen molar-refractivity contribution in [3.8, 4) is 0 Å². The molecule has 0 spiro atoms. The Bertz CT molecular complexity index is 119. The zero-order valence-corrected chi connectivity index (χ0v) is 8.70. The molecule has 1 aliphatic rings. The van der Waals surface area contributed by atoms with Gasteiger partial charge >= 0.3 is 0 Å². The van der Waals surface area contributed by atoms with Gasteiger partial charge in [-0.05, 0) is 24.7 Å². The third kappa shape index (κ3) is 2.63. The van der Waals surface area contributed by atoms with E-state index in [1.54, 1.807) is 7.11 Å². The molecule has 0 aromatic rings. The largest absolute Gasteiger partial charge is 0.385 e. The van der Waals surface area contributed by atoms with Gasteiger partial charge in [0.2, 0.25) is 0 Å². The van der Waals surface area contributed by atoms with Crippen LogP contribution in [0, 0.1) is 5.41 Å². The SMILES string of the molecule is COCCC1(CCl)CCCCC1. The van der Waals surface area contributed by atoms with Crippen LogP contribution in [0.15, 0.2) is 0 Å². The first-order chi connectivity index (χ1) is 5.83. The standard InChI is InChI=1S/C10H19ClO/c1-12-8-7-10(9-11)5-3-2-4-6-10/h2-9H2,1H3. The number of methoxy groups -OCH3 is 1. The van der Waals surface area contributed by atoms with E-state index in [-0.39, 0.29) is 0 Å². The second-order valence-corrected chi connectivity index (χ2v) is 4.20. The fourth-order valence-electron chi connectivity index (χ4n) is 2.07. The quantitative estimate of drug-likeness (QED) is 0.619. The van der Waals surface area contributed by atoms with E-state index < -0.39 is 0 Å². The molecule has 0 N–H and O–H groups in total. The molecule has 0 radical (unpaired) electrons. The summed E-state index contributed by atoms with van der Waals surface area (Å²) >= 11 is 6.02. The summed E-state index contributed by atoms with van der Waals surface area (Å²) < 4.78 is 5.11. The highest BCUT2D eigenvalue weighted by atomic mass is 35.5. The van der Waals surface area contributed by atoms with Crippen LogP contribution in [0.4, 0.5) is 0 Å². The van der Waals surface area contributed by atoms with Crippen molar-refractivity contribution in [3.63, 3.8) is 0 Å². The molecule has 12 heavy (non-hydrogen) atoms. The van der Waals surface area contributed by atoms with Gasteiger partial charge < -0.3 is 4.74 Å². The van der Waals surface area contributed by atoms with Crippen molar-refractivity contribution < 1.29 is 4.74 Å². The molecule has 0 aliphatic heterocycles. The van der Waals surface area contributed by atoms with Gasteiger partial charge in [0.05, 0.1) is 0 Å². The highest BCUT2D eigenvalue weighted by Gasteiger charge is 2.30. The molecule has 0 saturated heterocycles. The fourth-order valence-corrected chi connectivity index (χ4v) is 2.47. The lowest BCUT2D eigenvalue weighted by molar-refractivity contribution is 0.118. The number of rotatable bonds is 4. The molecular weight excluding hydrogens is 172 g/mol. The van der Waals surface area contributed by atoms with Crippen LogP contribution in [0.2, 0.25) is 0 Å². The predicted octanol–water partition coefficient (Wildman–Crippen LogP) is 3.21. The number of ether oxygens (including phenoxy) is 1. The lowest BCUT2D eigenvalue weighted by Crippen LogP contribution is -2.27. The molecule has 2 heteroatoms. The van der Waals surface area contributed by atoms with Gasteiger partial charge in [0.15, 0.2) is 0 Å². The summed E-state index contributed by atoms with van der Waals surface area (Å²) in [4.78, 5) is 0. The second kappa shape index (κ2) is 5.08. The van der Waals surface area contributed by atoms with E-state index in [0.717, 1.165) is 18.9 Å². The summed E-state index contributed by atoms with van der Waals surface area (Å²) in [6, 6.07) is 0. The van der Waals surface area contributed by atoms with Crippen molar-refractivity contribution in [3.05, 3.63) is 0 Å². The first-order valence-electron chi connectivity index (χ1n) is 4.88. The highest BCUT2D eigenvalue weighted by molar-refractivity contribution is 6.18. The summed E-state index contributed by atoms with van der Waals surface area (Å²) in [6.45, 7) is 0.868. The van der Waals surface area contributed by atoms with E-state index in [2.05, 4.69) is 0 Å². The molecule has 0 bridgehead atoms. The minimum Gasteiger partial charge on any atom is -0.385 e. The average Bonchev–Trinajstić information content (AvgIpc) is 2.16. The van der Waals surface area contributed by atoms with Crippen LogP contribution >= 0.6 is 11.6 Å². The molecule has 1 saturated carbocycles. The Morgan fingerprint density at radius 3 is 2.42 bits per heavy atom. The maximum Gasteiger partial charge on any atom is 0.0467 e. The molecular formula is C10H19ClO. The molecule has 0 atom stereocenters. The summed E-state index contributed by atoms with van der Waals surface area (Å²) in [7, 11) is 1.77. The van der Waals surface area contributed by atoms with Crippen LogP contribution in [0.3, 0.4) is 0 Å². The van der Waals surface area contributed by atoms with E-state index in [9.17, 15) is 0 Å². The van der Waals surface area contributed by atoms with Crippen molar-refractivity contribution in [2.75, 3.05) is 19.6 Å².